The van der Waals surface area contributed by atoms with E-state index in [9.17, 15) is 9.59 Å². The van der Waals surface area contributed by atoms with Crippen LogP contribution in [-0.2, 0) is 0 Å². The van der Waals surface area contributed by atoms with Gasteiger partial charge in [0.15, 0.2) is 10.5 Å². The average molecular weight is 331 g/mol. The number of nitrogens with one attached hydrogen (secondary N) is 1. The summed E-state index contributed by atoms with van der Waals surface area (Å²) in [5.74, 6) is -0.143. The molecular weight excluding hydrogens is 314 g/mol. The molecule has 0 saturated carbocycles. The molecule has 7 heteroatoms. The van der Waals surface area contributed by atoms with Gasteiger partial charge in [-0.15, -0.1) is 0 Å². The van der Waals surface area contributed by atoms with E-state index < -0.39 is 6.09 Å². The lowest BCUT2D eigenvalue weighted by Gasteiger charge is -2.08. The maximum atomic E-state index is 12.5. The molecule has 0 aliphatic heterocycles. The van der Waals surface area contributed by atoms with Gasteiger partial charge in [-0.3, -0.25) is 9.36 Å². The number of fused-ring (bicyclic) bond motifs is 1. The SMILES string of the molecule is C=C(C)C(=O)n1c(=S)n(C(=C)C)c2cccc(OC(=O)NC)c21. The highest BCUT2D eigenvalue weighted by molar-refractivity contribution is 7.71. The van der Waals surface area contributed by atoms with Crippen LogP contribution in [0.25, 0.3) is 16.7 Å². The van der Waals surface area contributed by atoms with Crippen LogP contribution >= 0.6 is 12.2 Å². The predicted octanol–water partition coefficient (Wildman–Crippen LogP) is 3.60. The zero-order valence-electron chi connectivity index (χ0n) is 13.2. The molecule has 0 atom stereocenters. The largest absolute Gasteiger partial charge is 0.412 e. The number of allylic oxidation sites excluding steroid dienone is 2. The number of hydrogen-bond acceptors (Lipinski definition) is 4. The van der Waals surface area contributed by atoms with Crippen LogP contribution in [0, 0.1) is 4.77 Å². The van der Waals surface area contributed by atoms with Gasteiger partial charge in [0.1, 0.15) is 5.52 Å². The smallest absolute Gasteiger partial charge is 0.408 e. The second-order valence-corrected chi connectivity index (χ2v) is 5.40. The lowest BCUT2D eigenvalue weighted by atomic mass is 10.2. The topological polar surface area (TPSA) is 65.3 Å². The number of hydrogen-bond donors (Lipinski definition) is 1. The summed E-state index contributed by atoms with van der Waals surface area (Å²) < 4.78 is 8.46. The molecule has 0 aliphatic carbocycles. The third kappa shape index (κ3) is 2.83. The van der Waals surface area contributed by atoms with E-state index in [0.717, 1.165) is 0 Å². The predicted molar refractivity (Wildman–Crippen MR) is 92.3 cm³/mol. The van der Waals surface area contributed by atoms with E-state index in [-0.39, 0.29) is 16.4 Å². The van der Waals surface area contributed by atoms with Crippen LogP contribution in [0.5, 0.6) is 5.75 Å². The van der Waals surface area contributed by atoms with Gasteiger partial charge in [0.2, 0.25) is 0 Å². The van der Waals surface area contributed by atoms with E-state index in [1.165, 1.54) is 11.6 Å². The maximum absolute atomic E-state index is 12.5. The number of aromatic nitrogens is 2. The molecule has 0 aliphatic rings. The van der Waals surface area contributed by atoms with Gasteiger partial charge in [-0.2, -0.15) is 0 Å². The standard InChI is InChI=1S/C16H17N3O3S/c1-9(2)14(20)19-13-11(18(10(3)4)16(19)23)7-6-8-12(13)22-15(21)17-5/h6-8H,1,3H2,2,4-5H3,(H,17,21). The Bertz CT molecular complexity index is 905. The molecule has 0 saturated heterocycles. The van der Waals surface area contributed by atoms with Crippen molar-refractivity contribution >= 4 is 40.9 Å². The van der Waals surface area contributed by atoms with Gasteiger partial charge < -0.3 is 10.1 Å². The molecule has 0 bridgehead atoms. The summed E-state index contributed by atoms with van der Waals surface area (Å²) >= 11 is 5.41. The average Bonchev–Trinajstić information content (AvgIpc) is 2.79. The molecule has 0 fully saturated rings. The summed E-state index contributed by atoms with van der Waals surface area (Å²) in [5, 5.41) is 2.37. The van der Waals surface area contributed by atoms with Crippen LogP contribution in [0.1, 0.15) is 18.6 Å². The monoisotopic (exact) mass is 331 g/mol. The summed E-state index contributed by atoms with van der Waals surface area (Å²) in [7, 11) is 1.45. The summed E-state index contributed by atoms with van der Waals surface area (Å²) in [4.78, 5) is 24.1. The molecule has 1 N–H and O–H groups in total. The number of ether oxygens (including phenoxy) is 1. The van der Waals surface area contributed by atoms with Crippen LogP contribution in [0.15, 0.2) is 36.9 Å². The zero-order chi connectivity index (χ0) is 17.3. The van der Waals surface area contributed by atoms with Crippen molar-refractivity contribution in [2.75, 3.05) is 7.05 Å². The second-order valence-electron chi connectivity index (χ2n) is 5.04. The fourth-order valence-corrected chi connectivity index (χ4v) is 2.62. The van der Waals surface area contributed by atoms with Crippen molar-refractivity contribution in [3.8, 4) is 5.75 Å². The minimum absolute atomic E-state index is 0.225. The van der Waals surface area contributed by atoms with Crippen LogP contribution in [-0.4, -0.2) is 28.2 Å². The van der Waals surface area contributed by atoms with Gasteiger partial charge in [0.05, 0.1) is 5.52 Å². The van der Waals surface area contributed by atoms with E-state index >= 15 is 0 Å². The van der Waals surface area contributed by atoms with Crippen LogP contribution in [0.4, 0.5) is 4.79 Å². The van der Waals surface area contributed by atoms with E-state index in [0.29, 0.717) is 22.3 Å². The molecule has 2 rings (SSSR count). The number of nitrogens with zero attached hydrogens (tertiary/aromatic N) is 2. The number of carbonyl (C=O) groups is 2. The molecule has 1 amide bonds. The third-order valence-electron chi connectivity index (χ3n) is 3.18. The van der Waals surface area contributed by atoms with Crippen molar-refractivity contribution in [1.29, 1.82) is 0 Å². The summed E-state index contributed by atoms with van der Waals surface area (Å²) in [6.45, 7) is 10.9. The van der Waals surface area contributed by atoms with Crippen LogP contribution in [0.3, 0.4) is 0 Å². The number of benzene rings is 1. The number of rotatable bonds is 3. The normalized spacial score (nSPS) is 10.4. The van der Waals surface area contributed by atoms with E-state index in [1.54, 1.807) is 36.6 Å². The number of para-hydroxylation sites is 1. The molecule has 2 aromatic rings. The Morgan fingerprint density at radius 2 is 1.87 bits per heavy atom. The van der Waals surface area contributed by atoms with Crippen molar-refractivity contribution in [2.24, 2.45) is 0 Å². The van der Waals surface area contributed by atoms with E-state index in [1.807, 2.05) is 0 Å². The van der Waals surface area contributed by atoms with E-state index in [2.05, 4.69) is 18.5 Å². The number of amides is 1. The fraction of sp³-hybridized carbons (Fsp3) is 0.188. The molecular formula is C16H17N3O3S. The molecule has 0 radical (unpaired) electrons. The highest BCUT2D eigenvalue weighted by Crippen LogP contribution is 2.30. The Balaban J connectivity index is 2.92. The summed E-state index contributed by atoms with van der Waals surface area (Å²) in [5.41, 5.74) is 1.98. The van der Waals surface area contributed by atoms with Gasteiger partial charge in [0.25, 0.3) is 5.91 Å². The first-order valence-corrected chi connectivity index (χ1v) is 7.22. The summed E-state index contributed by atoms with van der Waals surface area (Å²) in [6, 6.07) is 5.08. The minimum atomic E-state index is -0.638. The number of imidazole rings is 1. The first kappa shape index (κ1) is 16.7. The Hall–Kier alpha value is -2.67. The maximum Gasteiger partial charge on any atom is 0.412 e. The quantitative estimate of drug-likeness (QED) is 0.689. The molecule has 1 aromatic carbocycles. The second kappa shape index (κ2) is 6.21. The Morgan fingerprint density at radius 1 is 1.22 bits per heavy atom. The van der Waals surface area contributed by atoms with Crippen molar-refractivity contribution in [1.82, 2.24) is 14.5 Å². The van der Waals surface area contributed by atoms with Crippen molar-refractivity contribution < 1.29 is 14.3 Å². The fourth-order valence-electron chi connectivity index (χ4n) is 2.20. The van der Waals surface area contributed by atoms with Gasteiger partial charge >= 0.3 is 6.09 Å². The van der Waals surface area contributed by atoms with Crippen molar-refractivity contribution in [3.05, 3.63) is 41.7 Å². The number of carbonyl (C=O) groups excluding carboxylic acids is 2. The molecule has 1 heterocycles. The third-order valence-corrected chi connectivity index (χ3v) is 3.55. The van der Waals surface area contributed by atoms with Crippen molar-refractivity contribution in [3.63, 3.8) is 0 Å². The van der Waals surface area contributed by atoms with Gasteiger partial charge in [-0.25, -0.2) is 9.36 Å². The Morgan fingerprint density at radius 3 is 2.39 bits per heavy atom. The first-order chi connectivity index (χ1) is 10.8. The van der Waals surface area contributed by atoms with Gasteiger partial charge in [0, 0.05) is 18.3 Å². The van der Waals surface area contributed by atoms with Gasteiger partial charge in [-0.05, 0) is 38.2 Å². The van der Waals surface area contributed by atoms with Crippen LogP contribution in [0.2, 0.25) is 0 Å². The molecule has 0 spiro atoms. The molecule has 120 valence electrons. The first-order valence-electron chi connectivity index (χ1n) is 6.81. The molecule has 1 aromatic heterocycles. The summed E-state index contributed by atoms with van der Waals surface area (Å²) in [6.07, 6.45) is -0.638. The molecule has 23 heavy (non-hydrogen) atoms. The van der Waals surface area contributed by atoms with E-state index in [4.69, 9.17) is 17.0 Å². The molecule has 0 unspecified atom stereocenters. The Labute approximate surface area is 138 Å². The lowest BCUT2D eigenvalue weighted by molar-refractivity contribution is 0.0957. The van der Waals surface area contributed by atoms with Crippen LogP contribution < -0.4 is 10.1 Å². The zero-order valence-corrected chi connectivity index (χ0v) is 14.0. The lowest BCUT2D eigenvalue weighted by Crippen LogP contribution is -2.22. The van der Waals surface area contributed by atoms with Gasteiger partial charge in [-0.1, -0.05) is 19.2 Å². The highest BCUT2D eigenvalue weighted by atomic mass is 32.1. The highest BCUT2D eigenvalue weighted by Gasteiger charge is 2.21. The molecule has 6 nitrogen and oxygen atoms in total. The van der Waals surface area contributed by atoms with Crippen molar-refractivity contribution in [2.45, 2.75) is 13.8 Å². The Kier molecular flexibility index (Phi) is 4.51. The minimum Gasteiger partial charge on any atom is -0.408 e.